The highest BCUT2D eigenvalue weighted by Gasteiger charge is 2.35. The minimum atomic E-state index is -3.47. The molecule has 10 heteroatoms. The standard InChI is InChI=1S/C14H18N2O7S/c1-24(21,22)15-6-13(18)16-7-11(17)12(8-16)23-10-4-2-9(3-5-10)14(19)20/h2-5,11-12,15,17H,6-8H2,1H3,(H,19,20)/t11-,12-/m1/s1. The number of benzene rings is 1. The highest BCUT2D eigenvalue weighted by Crippen LogP contribution is 2.19. The van der Waals surface area contributed by atoms with Crippen molar-refractivity contribution < 1.29 is 33.0 Å². The van der Waals surface area contributed by atoms with Gasteiger partial charge in [0, 0.05) is 0 Å². The molecule has 1 aliphatic rings. The second-order valence-electron chi connectivity index (χ2n) is 5.45. The molecule has 1 fully saturated rings. The van der Waals surface area contributed by atoms with Crippen LogP contribution in [-0.2, 0) is 14.8 Å². The van der Waals surface area contributed by atoms with Gasteiger partial charge in [-0.15, -0.1) is 0 Å². The fourth-order valence-electron chi connectivity index (χ4n) is 2.23. The summed E-state index contributed by atoms with van der Waals surface area (Å²) in [6, 6.07) is 5.67. The van der Waals surface area contributed by atoms with Gasteiger partial charge in [0.1, 0.15) is 18.0 Å². The Bertz CT molecular complexity index is 717. The van der Waals surface area contributed by atoms with Crippen LogP contribution in [0.5, 0.6) is 5.75 Å². The van der Waals surface area contributed by atoms with Crippen LogP contribution in [0, 0.1) is 0 Å². The number of hydrogen-bond acceptors (Lipinski definition) is 6. The normalized spacial score (nSPS) is 20.8. The largest absolute Gasteiger partial charge is 0.486 e. The maximum Gasteiger partial charge on any atom is 0.335 e. The van der Waals surface area contributed by atoms with Gasteiger partial charge in [0.2, 0.25) is 15.9 Å². The second-order valence-corrected chi connectivity index (χ2v) is 7.28. The van der Waals surface area contributed by atoms with E-state index in [4.69, 9.17) is 9.84 Å². The number of carboxylic acid groups (broad SMARTS) is 1. The topological polar surface area (TPSA) is 133 Å². The number of ether oxygens (including phenoxy) is 1. The number of amides is 1. The smallest absolute Gasteiger partial charge is 0.335 e. The van der Waals surface area contributed by atoms with Crippen LogP contribution in [-0.4, -0.2) is 73.5 Å². The zero-order valence-corrected chi connectivity index (χ0v) is 13.7. The van der Waals surface area contributed by atoms with E-state index in [0.29, 0.717) is 5.75 Å². The van der Waals surface area contributed by atoms with E-state index in [-0.39, 0.29) is 25.2 Å². The molecule has 0 aromatic heterocycles. The van der Waals surface area contributed by atoms with E-state index in [9.17, 15) is 23.1 Å². The van der Waals surface area contributed by atoms with Crippen molar-refractivity contribution in [3.05, 3.63) is 29.8 Å². The van der Waals surface area contributed by atoms with Gasteiger partial charge in [-0.05, 0) is 24.3 Å². The summed E-state index contributed by atoms with van der Waals surface area (Å²) in [5.41, 5.74) is 0.109. The van der Waals surface area contributed by atoms with Crippen molar-refractivity contribution in [3.63, 3.8) is 0 Å². The van der Waals surface area contributed by atoms with E-state index < -0.39 is 34.1 Å². The Labute approximate surface area is 138 Å². The molecule has 0 unspecified atom stereocenters. The average molecular weight is 358 g/mol. The minimum Gasteiger partial charge on any atom is -0.486 e. The van der Waals surface area contributed by atoms with Gasteiger partial charge in [-0.25, -0.2) is 17.9 Å². The summed E-state index contributed by atoms with van der Waals surface area (Å²) < 4.78 is 29.7. The molecule has 0 bridgehead atoms. The molecule has 3 N–H and O–H groups in total. The SMILES string of the molecule is CS(=O)(=O)NCC(=O)N1C[C@@H](O)[C@H](Oc2ccc(C(=O)O)cc2)C1. The summed E-state index contributed by atoms with van der Waals surface area (Å²) in [4.78, 5) is 24.0. The molecule has 1 aromatic rings. The number of carbonyl (C=O) groups excluding carboxylic acids is 1. The number of aliphatic hydroxyl groups is 1. The van der Waals surface area contributed by atoms with Crippen molar-refractivity contribution in [1.82, 2.24) is 9.62 Å². The number of likely N-dealkylation sites (tertiary alicyclic amines) is 1. The lowest BCUT2D eigenvalue weighted by atomic mass is 10.2. The lowest BCUT2D eigenvalue weighted by molar-refractivity contribution is -0.129. The Morgan fingerprint density at radius 1 is 1.29 bits per heavy atom. The zero-order valence-electron chi connectivity index (χ0n) is 12.9. The zero-order chi connectivity index (χ0) is 17.9. The first-order chi connectivity index (χ1) is 11.2. The number of aromatic carboxylic acids is 1. The number of hydrogen-bond donors (Lipinski definition) is 3. The van der Waals surface area contributed by atoms with Gasteiger partial charge >= 0.3 is 5.97 Å². The minimum absolute atomic E-state index is 0.0299. The molecule has 132 valence electrons. The fraction of sp³-hybridized carbons (Fsp3) is 0.429. The monoisotopic (exact) mass is 358 g/mol. The molecule has 1 saturated heterocycles. The van der Waals surface area contributed by atoms with Gasteiger partial charge in [-0.1, -0.05) is 0 Å². The Kier molecular flexibility index (Phi) is 5.42. The van der Waals surface area contributed by atoms with Crippen LogP contribution >= 0.6 is 0 Å². The van der Waals surface area contributed by atoms with Crippen LogP contribution in [0.4, 0.5) is 0 Å². The highest BCUT2D eigenvalue weighted by molar-refractivity contribution is 7.88. The van der Waals surface area contributed by atoms with E-state index in [0.717, 1.165) is 6.26 Å². The number of sulfonamides is 1. The molecule has 1 heterocycles. The third-order valence-corrected chi connectivity index (χ3v) is 4.13. The Balaban J connectivity index is 1.93. The quantitative estimate of drug-likeness (QED) is 0.587. The van der Waals surface area contributed by atoms with Crippen LogP contribution in [0.25, 0.3) is 0 Å². The van der Waals surface area contributed by atoms with Gasteiger partial charge < -0.3 is 19.8 Å². The third kappa shape index (κ3) is 4.91. The van der Waals surface area contributed by atoms with Crippen LogP contribution in [0.2, 0.25) is 0 Å². The third-order valence-electron chi connectivity index (χ3n) is 3.46. The van der Waals surface area contributed by atoms with Crippen molar-refractivity contribution in [2.75, 3.05) is 25.9 Å². The Morgan fingerprint density at radius 2 is 1.92 bits per heavy atom. The Morgan fingerprint density at radius 3 is 2.46 bits per heavy atom. The van der Waals surface area contributed by atoms with Crippen LogP contribution in [0.3, 0.4) is 0 Å². The summed E-state index contributed by atoms with van der Waals surface area (Å²) in [5.74, 6) is -1.16. The van der Waals surface area contributed by atoms with Crippen molar-refractivity contribution in [3.8, 4) is 5.75 Å². The maximum absolute atomic E-state index is 11.9. The van der Waals surface area contributed by atoms with Gasteiger partial charge in [-0.2, -0.15) is 0 Å². The van der Waals surface area contributed by atoms with E-state index in [1.807, 2.05) is 0 Å². The van der Waals surface area contributed by atoms with E-state index in [1.165, 1.54) is 29.2 Å². The first kappa shape index (κ1) is 18.2. The van der Waals surface area contributed by atoms with Crippen molar-refractivity contribution in [2.24, 2.45) is 0 Å². The lowest BCUT2D eigenvalue weighted by Gasteiger charge is -2.17. The molecule has 2 rings (SSSR count). The first-order valence-corrected chi connectivity index (χ1v) is 8.95. The lowest BCUT2D eigenvalue weighted by Crippen LogP contribution is -2.39. The molecule has 0 radical (unpaired) electrons. The highest BCUT2D eigenvalue weighted by atomic mass is 32.2. The molecular formula is C14H18N2O7S. The van der Waals surface area contributed by atoms with E-state index in [2.05, 4.69) is 4.72 Å². The maximum atomic E-state index is 11.9. The molecule has 24 heavy (non-hydrogen) atoms. The summed E-state index contributed by atoms with van der Waals surface area (Å²) in [6.07, 6.45) is -0.652. The van der Waals surface area contributed by atoms with Crippen LogP contribution < -0.4 is 9.46 Å². The number of nitrogens with one attached hydrogen (secondary N) is 1. The molecule has 1 amide bonds. The van der Waals surface area contributed by atoms with Crippen molar-refractivity contribution >= 4 is 21.9 Å². The summed E-state index contributed by atoms with van der Waals surface area (Å²) in [7, 11) is -3.47. The number of β-amino-alcohol motifs (C(OH)–C–C–N with tert-alkyl or cyclic N) is 1. The predicted octanol–water partition coefficient (Wildman–Crippen LogP) is -1.12. The van der Waals surface area contributed by atoms with Gasteiger partial charge in [0.15, 0.2) is 0 Å². The van der Waals surface area contributed by atoms with Crippen LogP contribution in [0.1, 0.15) is 10.4 Å². The van der Waals surface area contributed by atoms with Crippen molar-refractivity contribution in [2.45, 2.75) is 12.2 Å². The first-order valence-electron chi connectivity index (χ1n) is 7.06. The Hall–Kier alpha value is -2.17. The number of aliphatic hydroxyl groups excluding tert-OH is 1. The van der Waals surface area contributed by atoms with Gasteiger partial charge in [0.25, 0.3) is 0 Å². The molecule has 0 spiro atoms. The molecule has 1 aromatic carbocycles. The van der Waals surface area contributed by atoms with Crippen LogP contribution in [0.15, 0.2) is 24.3 Å². The molecular weight excluding hydrogens is 340 g/mol. The summed E-state index contributed by atoms with van der Waals surface area (Å²) >= 11 is 0. The van der Waals surface area contributed by atoms with Crippen molar-refractivity contribution in [1.29, 1.82) is 0 Å². The molecule has 9 nitrogen and oxygen atoms in total. The molecule has 0 aliphatic carbocycles. The molecule has 2 atom stereocenters. The summed E-state index contributed by atoms with van der Waals surface area (Å²) in [6.45, 7) is -0.250. The molecule has 0 saturated carbocycles. The van der Waals surface area contributed by atoms with Gasteiger partial charge in [-0.3, -0.25) is 4.79 Å². The average Bonchev–Trinajstić information content (AvgIpc) is 2.86. The fourth-order valence-corrected chi connectivity index (χ4v) is 2.62. The number of carboxylic acids is 1. The predicted molar refractivity (Wildman–Crippen MR) is 83.3 cm³/mol. The second kappa shape index (κ2) is 7.16. The van der Waals surface area contributed by atoms with Gasteiger partial charge in [0.05, 0.1) is 31.5 Å². The number of rotatable bonds is 6. The molecule has 1 aliphatic heterocycles. The number of carbonyl (C=O) groups is 2. The summed E-state index contributed by atoms with van der Waals surface area (Å²) in [5, 5.41) is 18.8. The number of nitrogens with zero attached hydrogens (tertiary/aromatic N) is 1. The van der Waals surface area contributed by atoms with E-state index in [1.54, 1.807) is 0 Å². The van der Waals surface area contributed by atoms with E-state index >= 15 is 0 Å².